The quantitative estimate of drug-likeness (QED) is 0.740. The molecule has 0 aromatic carbocycles. The fourth-order valence-corrected chi connectivity index (χ4v) is 0.874. The zero-order valence-corrected chi connectivity index (χ0v) is 8.57. The van der Waals surface area contributed by atoms with Crippen LogP contribution >= 0.6 is 0 Å². The van der Waals surface area contributed by atoms with E-state index < -0.39 is 6.04 Å². The van der Waals surface area contributed by atoms with Gasteiger partial charge in [-0.25, -0.2) is 0 Å². The summed E-state index contributed by atoms with van der Waals surface area (Å²) in [6.45, 7) is 5.71. The molecule has 1 heterocycles. The normalized spacial score (nSPS) is 13.7. The van der Waals surface area contributed by atoms with Crippen molar-refractivity contribution < 1.29 is 9.32 Å². The van der Waals surface area contributed by atoms with Gasteiger partial charge in [0.05, 0.1) is 6.04 Å². The first-order chi connectivity index (χ1) is 6.41. The molecule has 1 rings (SSSR count). The number of aromatic nitrogens is 1. The molecule has 78 valence electrons. The van der Waals surface area contributed by atoms with Crippen LogP contribution in [0.2, 0.25) is 0 Å². The van der Waals surface area contributed by atoms with Gasteiger partial charge in [0.1, 0.15) is 6.26 Å². The molecule has 0 spiro atoms. The fourth-order valence-electron chi connectivity index (χ4n) is 0.874. The van der Waals surface area contributed by atoms with E-state index in [9.17, 15) is 4.79 Å². The van der Waals surface area contributed by atoms with E-state index in [-0.39, 0.29) is 11.3 Å². The van der Waals surface area contributed by atoms with Crippen molar-refractivity contribution in [3.05, 3.63) is 12.3 Å². The van der Waals surface area contributed by atoms with Gasteiger partial charge in [0.2, 0.25) is 5.91 Å². The molecule has 0 unspecified atom stereocenters. The van der Waals surface area contributed by atoms with Crippen molar-refractivity contribution in [3.8, 4) is 0 Å². The molecule has 0 aliphatic heterocycles. The van der Waals surface area contributed by atoms with Crippen molar-refractivity contribution in [2.75, 3.05) is 5.32 Å². The summed E-state index contributed by atoms with van der Waals surface area (Å²) in [5.74, 6) is 0.126. The van der Waals surface area contributed by atoms with Crippen LogP contribution in [0.4, 0.5) is 5.82 Å². The number of carbonyl (C=O) groups excluding carboxylic acids is 1. The molecule has 1 amide bonds. The van der Waals surface area contributed by atoms with Gasteiger partial charge in [-0.1, -0.05) is 25.9 Å². The summed E-state index contributed by atoms with van der Waals surface area (Å²) in [5, 5.41) is 6.12. The van der Waals surface area contributed by atoms with E-state index >= 15 is 0 Å². The van der Waals surface area contributed by atoms with Gasteiger partial charge >= 0.3 is 0 Å². The Hall–Kier alpha value is -1.36. The summed E-state index contributed by atoms with van der Waals surface area (Å²) >= 11 is 0. The van der Waals surface area contributed by atoms with E-state index in [1.165, 1.54) is 6.26 Å². The molecule has 0 aliphatic rings. The predicted octanol–water partition coefficient (Wildman–Crippen LogP) is 0.987. The Morgan fingerprint density at radius 1 is 1.64 bits per heavy atom. The third kappa shape index (κ3) is 2.56. The average molecular weight is 197 g/mol. The number of nitrogens with one attached hydrogen (secondary N) is 1. The second kappa shape index (κ2) is 3.79. The Morgan fingerprint density at radius 3 is 2.71 bits per heavy atom. The number of nitrogens with two attached hydrogens (primary N) is 1. The van der Waals surface area contributed by atoms with Crippen LogP contribution in [0.3, 0.4) is 0 Å². The summed E-state index contributed by atoms with van der Waals surface area (Å²) in [7, 11) is 0. The number of anilines is 1. The Kier molecular flexibility index (Phi) is 2.90. The maximum Gasteiger partial charge on any atom is 0.243 e. The van der Waals surface area contributed by atoms with Crippen molar-refractivity contribution in [1.29, 1.82) is 0 Å². The molecule has 5 nitrogen and oxygen atoms in total. The summed E-state index contributed by atoms with van der Waals surface area (Å²) in [6, 6.07) is 0.993. The summed E-state index contributed by atoms with van der Waals surface area (Å²) in [5.41, 5.74) is 5.47. The van der Waals surface area contributed by atoms with Gasteiger partial charge in [-0.2, -0.15) is 0 Å². The van der Waals surface area contributed by atoms with Crippen LogP contribution < -0.4 is 11.1 Å². The number of hydrogen-bond donors (Lipinski definition) is 2. The average Bonchev–Trinajstić information content (AvgIpc) is 2.53. The number of carbonyl (C=O) groups is 1. The molecular formula is C9H15N3O2. The minimum absolute atomic E-state index is 0.258. The van der Waals surface area contributed by atoms with Gasteiger partial charge in [-0.3, -0.25) is 4.79 Å². The summed E-state index contributed by atoms with van der Waals surface area (Å²) in [6.07, 6.45) is 1.39. The molecule has 14 heavy (non-hydrogen) atoms. The minimum atomic E-state index is -0.570. The van der Waals surface area contributed by atoms with Crippen LogP contribution in [0, 0.1) is 5.41 Å². The largest absolute Gasteiger partial charge is 0.363 e. The van der Waals surface area contributed by atoms with Crippen LogP contribution in [0.25, 0.3) is 0 Å². The smallest absolute Gasteiger partial charge is 0.243 e. The summed E-state index contributed by atoms with van der Waals surface area (Å²) < 4.78 is 4.58. The number of rotatable bonds is 2. The van der Waals surface area contributed by atoms with Crippen LogP contribution in [0.1, 0.15) is 20.8 Å². The SMILES string of the molecule is CC(C)(C)[C@@H](N)C(=O)Nc1ccon1. The van der Waals surface area contributed by atoms with E-state index in [2.05, 4.69) is 15.0 Å². The highest BCUT2D eigenvalue weighted by Gasteiger charge is 2.27. The summed E-state index contributed by atoms with van der Waals surface area (Å²) in [4.78, 5) is 11.5. The first-order valence-electron chi connectivity index (χ1n) is 4.38. The standard InChI is InChI=1S/C9H15N3O2/c1-9(2,3)7(10)8(13)11-6-4-5-14-12-6/h4-5,7H,10H2,1-3H3,(H,11,12,13)/t7-/m0/s1. The Morgan fingerprint density at radius 2 is 2.29 bits per heavy atom. The Bertz CT molecular complexity index is 300. The van der Waals surface area contributed by atoms with Crippen LogP contribution in [0.15, 0.2) is 16.9 Å². The Labute approximate surface area is 82.6 Å². The lowest BCUT2D eigenvalue weighted by molar-refractivity contribution is -0.119. The molecule has 0 bridgehead atoms. The highest BCUT2D eigenvalue weighted by molar-refractivity contribution is 5.94. The van der Waals surface area contributed by atoms with Crippen LogP contribution in [0.5, 0.6) is 0 Å². The van der Waals surface area contributed by atoms with E-state index in [1.807, 2.05) is 20.8 Å². The first kappa shape index (κ1) is 10.7. The number of amides is 1. The van der Waals surface area contributed by atoms with E-state index in [0.717, 1.165) is 0 Å². The van der Waals surface area contributed by atoms with Crippen LogP contribution in [-0.4, -0.2) is 17.1 Å². The van der Waals surface area contributed by atoms with Gasteiger partial charge in [-0.15, -0.1) is 0 Å². The second-order valence-electron chi connectivity index (χ2n) is 4.22. The van der Waals surface area contributed by atoms with Crippen molar-refractivity contribution in [2.45, 2.75) is 26.8 Å². The van der Waals surface area contributed by atoms with Crippen molar-refractivity contribution in [3.63, 3.8) is 0 Å². The molecule has 3 N–H and O–H groups in total. The lowest BCUT2D eigenvalue weighted by Crippen LogP contribution is -2.45. The van der Waals surface area contributed by atoms with E-state index in [0.29, 0.717) is 5.82 Å². The van der Waals surface area contributed by atoms with Gasteiger partial charge in [0.25, 0.3) is 0 Å². The van der Waals surface area contributed by atoms with Crippen LogP contribution in [-0.2, 0) is 4.79 Å². The molecular weight excluding hydrogens is 182 g/mol. The first-order valence-corrected chi connectivity index (χ1v) is 4.38. The van der Waals surface area contributed by atoms with Gasteiger partial charge in [0.15, 0.2) is 5.82 Å². The third-order valence-corrected chi connectivity index (χ3v) is 1.90. The lowest BCUT2D eigenvalue weighted by atomic mass is 9.87. The van der Waals surface area contributed by atoms with Crippen molar-refractivity contribution >= 4 is 11.7 Å². The zero-order valence-electron chi connectivity index (χ0n) is 8.57. The molecule has 1 aromatic heterocycles. The zero-order chi connectivity index (χ0) is 10.8. The third-order valence-electron chi connectivity index (χ3n) is 1.90. The number of nitrogens with zero attached hydrogens (tertiary/aromatic N) is 1. The number of hydrogen-bond acceptors (Lipinski definition) is 4. The van der Waals surface area contributed by atoms with Crippen molar-refractivity contribution in [1.82, 2.24) is 5.16 Å². The van der Waals surface area contributed by atoms with E-state index in [1.54, 1.807) is 6.07 Å². The topological polar surface area (TPSA) is 81.2 Å². The predicted molar refractivity (Wildman–Crippen MR) is 52.6 cm³/mol. The lowest BCUT2D eigenvalue weighted by Gasteiger charge is -2.25. The molecule has 0 fully saturated rings. The molecule has 1 aromatic rings. The molecule has 1 atom stereocenters. The van der Waals surface area contributed by atoms with Gasteiger partial charge < -0.3 is 15.6 Å². The highest BCUT2D eigenvalue weighted by atomic mass is 16.5. The van der Waals surface area contributed by atoms with Crippen molar-refractivity contribution in [2.24, 2.45) is 11.1 Å². The molecule has 0 aliphatic carbocycles. The molecule has 0 radical (unpaired) electrons. The van der Waals surface area contributed by atoms with Gasteiger partial charge in [-0.05, 0) is 5.41 Å². The second-order valence-corrected chi connectivity index (χ2v) is 4.22. The monoisotopic (exact) mass is 197 g/mol. The molecule has 5 heteroatoms. The Balaban J connectivity index is 2.59. The molecule has 0 saturated heterocycles. The maximum atomic E-state index is 11.5. The van der Waals surface area contributed by atoms with E-state index in [4.69, 9.17) is 5.73 Å². The molecule has 0 saturated carbocycles. The fraction of sp³-hybridized carbons (Fsp3) is 0.556. The maximum absolute atomic E-state index is 11.5. The highest BCUT2D eigenvalue weighted by Crippen LogP contribution is 2.18. The minimum Gasteiger partial charge on any atom is -0.363 e. The van der Waals surface area contributed by atoms with Gasteiger partial charge in [0, 0.05) is 6.07 Å².